The number of carbonyl (C=O) groups is 1. The molecule has 0 unspecified atom stereocenters. The number of nitro benzene ring substituents is 1. The summed E-state index contributed by atoms with van der Waals surface area (Å²) in [6.45, 7) is 0.123. The van der Waals surface area contributed by atoms with Crippen LogP contribution in [-0.2, 0) is 4.74 Å². The highest BCUT2D eigenvalue weighted by Crippen LogP contribution is 2.15. The molecule has 0 amide bonds. The third kappa shape index (κ3) is 6.10. The molecule has 0 N–H and O–H groups in total. The van der Waals surface area contributed by atoms with Crippen LogP contribution in [0.3, 0.4) is 0 Å². The Morgan fingerprint density at radius 2 is 1.73 bits per heavy atom. The monoisotopic (exact) mass is 359 g/mol. The first-order chi connectivity index (χ1) is 12.6. The van der Waals surface area contributed by atoms with Crippen molar-refractivity contribution in [1.82, 2.24) is 0 Å². The van der Waals surface area contributed by atoms with Crippen LogP contribution in [0.5, 0.6) is 5.75 Å². The lowest BCUT2D eigenvalue weighted by atomic mass is 10.1. The van der Waals surface area contributed by atoms with Crippen molar-refractivity contribution >= 4 is 17.5 Å². The second-order valence-corrected chi connectivity index (χ2v) is 5.22. The lowest BCUT2D eigenvalue weighted by molar-refractivity contribution is -0.384. The van der Waals surface area contributed by atoms with Gasteiger partial charge in [-0.05, 0) is 48.0 Å². The van der Waals surface area contributed by atoms with E-state index >= 15 is 0 Å². The van der Waals surface area contributed by atoms with Gasteiger partial charge >= 0.3 is 0 Å². The zero-order valence-electron chi connectivity index (χ0n) is 14.0. The Kier molecular flexibility index (Phi) is 7.45. The Morgan fingerprint density at radius 3 is 2.35 bits per heavy atom. The zero-order valence-corrected chi connectivity index (χ0v) is 14.0. The standard InChI is InChI=1S/C19H18FNO5/c20-11-12-25-13-14-26-18-8-4-16(5-9-18)19(22)10-3-15-1-6-17(7-2-15)21(23)24/h1-10H,11-14H2. The Bertz CT molecular complexity index is 757. The number of nitrogens with zero attached hydrogens (tertiary/aromatic N) is 1. The maximum absolute atomic E-state index is 12.1. The van der Waals surface area contributed by atoms with Gasteiger partial charge in [-0.15, -0.1) is 0 Å². The van der Waals surface area contributed by atoms with Crippen LogP contribution in [0.4, 0.5) is 10.1 Å². The van der Waals surface area contributed by atoms with Crippen molar-refractivity contribution in [2.75, 3.05) is 26.5 Å². The molecule has 2 aromatic rings. The van der Waals surface area contributed by atoms with E-state index in [0.717, 1.165) is 0 Å². The molecular weight excluding hydrogens is 341 g/mol. The normalized spacial score (nSPS) is 10.8. The summed E-state index contributed by atoms with van der Waals surface area (Å²) in [7, 11) is 0. The molecule has 0 heterocycles. The van der Waals surface area contributed by atoms with E-state index in [0.29, 0.717) is 30.1 Å². The molecule has 26 heavy (non-hydrogen) atoms. The summed E-state index contributed by atoms with van der Waals surface area (Å²) in [5.41, 5.74) is 1.18. The highest BCUT2D eigenvalue weighted by molar-refractivity contribution is 6.06. The molecule has 136 valence electrons. The molecule has 0 fully saturated rings. The minimum Gasteiger partial charge on any atom is -0.491 e. The van der Waals surface area contributed by atoms with Gasteiger partial charge in [0.25, 0.3) is 5.69 Å². The Labute approximate surface area is 150 Å². The lowest BCUT2D eigenvalue weighted by Crippen LogP contribution is -2.08. The zero-order chi connectivity index (χ0) is 18.8. The predicted molar refractivity (Wildman–Crippen MR) is 95.2 cm³/mol. The molecule has 0 atom stereocenters. The smallest absolute Gasteiger partial charge is 0.269 e. The van der Waals surface area contributed by atoms with Crippen LogP contribution in [0.1, 0.15) is 15.9 Å². The maximum atomic E-state index is 12.1. The fourth-order valence-corrected chi connectivity index (χ4v) is 2.07. The van der Waals surface area contributed by atoms with Gasteiger partial charge in [-0.2, -0.15) is 0 Å². The van der Waals surface area contributed by atoms with Crippen molar-refractivity contribution in [2.45, 2.75) is 0 Å². The van der Waals surface area contributed by atoms with Crippen molar-refractivity contribution in [3.63, 3.8) is 0 Å². The summed E-state index contributed by atoms with van der Waals surface area (Å²) in [5.74, 6) is 0.394. The van der Waals surface area contributed by atoms with Gasteiger partial charge in [0, 0.05) is 17.7 Å². The van der Waals surface area contributed by atoms with E-state index in [1.165, 1.54) is 18.2 Å². The highest BCUT2D eigenvalue weighted by atomic mass is 19.1. The second-order valence-electron chi connectivity index (χ2n) is 5.22. The van der Waals surface area contributed by atoms with Crippen molar-refractivity contribution in [1.29, 1.82) is 0 Å². The third-order valence-electron chi connectivity index (χ3n) is 3.39. The molecule has 0 saturated heterocycles. The average Bonchev–Trinajstić information content (AvgIpc) is 2.66. The number of benzene rings is 2. The number of rotatable bonds is 10. The minimum absolute atomic E-state index is 0.000778. The van der Waals surface area contributed by atoms with Crippen LogP contribution in [-0.4, -0.2) is 37.2 Å². The van der Waals surface area contributed by atoms with E-state index in [4.69, 9.17) is 9.47 Å². The first kappa shape index (κ1) is 19.3. The van der Waals surface area contributed by atoms with Crippen LogP contribution < -0.4 is 4.74 Å². The Morgan fingerprint density at radius 1 is 1.04 bits per heavy atom. The summed E-state index contributed by atoms with van der Waals surface area (Å²) in [6, 6.07) is 12.5. The van der Waals surface area contributed by atoms with Crippen molar-refractivity contribution in [3.8, 4) is 5.75 Å². The van der Waals surface area contributed by atoms with Crippen LogP contribution in [0.15, 0.2) is 54.6 Å². The number of hydrogen-bond acceptors (Lipinski definition) is 5. The predicted octanol–water partition coefficient (Wildman–Crippen LogP) is 3.86. The first-order valence-electron chi connectivity index (χ1n) is 7.93. The second kappa shape index (κ2) is 10.0. The quantitative estimate of drug-likeness (QED) is 0.212. The van der Waals surface area contributed by atoms with Crippen molar-refractivity contribution in [3.05, 3.63) is 75.8 Å². The molecule has 7 heteroatoms. The summed E-state index contributed by atoms with van der Waals surface area (Å²) >= 11 is 0. The van der Waals surface area contributed by atoms with Gasteiger partial charge in [-0.1, -0.05) is 6.08 Å². The van der Waals surface area contributed by atoms with Crippen LogP contribution in [0.25, 0.3) is 6.08 Å². The van der Waals surface area contributed by atoms with Gasteiger partial charge in [0.05, 0.1) is 18.1 Å². The van der Waals surface area contributed by atoms with Gasteiger partial charge in [0.2, 0.25) is 0 Å². The SMILES string of the molecule is O=C(C=Cc1ccc([N+](=O)[O-])cc1)c1ccc(OCCOCCF)cc1. The number of ketones is 1. The molecule has 0 aliphatic rings. The van der Waals surface area contributed by atoms with Crippen LogP contribution in [0.2, 0.25) is 0 Å². The number of hydrogen-bond donors (Lipinski definition) is 0. The minimum atomic E-state index is -0.524. The number of halogens is 1. The Balaban J connectivity index is 1.87. The molecule has 0 aliphatic carbocycles. The molecular formula is C19H18FNO5. The molecule has 0 radical (unpaired) electrons. The van der Waals surface area contributed by atoms with Gasteiger partial charge in [0.1, 0.15) is 19.0 Å². The van der Waals surface area contributed by atoms with E-state index in [1.807, 2.05) is 0 Å². The first-order valence-corrected chi connectivity index (χ1v) is 7.93. The van der Waals surface area contributed by atoms with Crippen molar-refractivity contribution in [2.24, 2.45) is 0 Å². The number of allylic oxidation sites excluding steroid dienone is 1. The van der Waals surface area contributed by atoms with Crippen molar-refractivity contribution < 1.29 is 23.6 Å². The number of non-ortho nitro benzene ring substituents is 1. The third-order valence-corrected chi connectivity index (χ3v) is 3.39. The molecule has 6 nitrogen and oxygen atoms in total. The summed E-state index contributed by atoms with van der Waals surface area (Å²) < 4.78 is 22.2. The van der Waals surface area contributed by atoms with Crippen LogP contribution in [0, 0.1) is 10.1 Å². The van der Waals surface area contributed by atoms with Crippen LogP contribution >= 0.6 is 0 Å². The molecule has 0 saturated carbocycles. The summed E-state index contributed by atoms with van der Waals surface area (Å²) in [5, 5.41) is 10.6. The fraction of sp³-hybridized carbons (Fsp3) is 0.211. The van der Waals surface area contributed by atoms with Gasteiger partial charge in [-0.3, -0.25) is 14.9 Å². The van der Waals surface area contributed by atoms with E-state index < -0.39 is 11.6 Å². The van der Waals surface area contributed by atoms with E-state index in [-0.39, 0.29) is 18.1 Å². The molecule has 0 spiro atoms. The topological polar surface area (TPSA) is 78.7 Å². The van der Waals surface area contributed by atoms with E-state index in [9.17, 15) is 19.3 Å². The molecule has 0 bridgehead atoms. The maximum Gasteiger partial charge on any atom is 0.269 e. The fourth-order valence-electron chi connectivity index (χ4n) is 2.07. The van der Waals surface area contributed by atoms with Gasteiger partial charge in [-0.25, -0.2) is 4.39 Å². The Hall–Kier alpha value is -3.06. The largest absolute Gasteiger partial charge is 0.491 e. The summed E-state index contributed by atoms with van der Waals surface area (Å²) in [6.07, 6.45) is 3.00. The molecule has 0 aliphatic heterocycles. The van der Waals surface area contributed by atoms with E-state index in [2.05, 4.69) is 0 Å². The lowest BCUT2D eigenvalue weighted by Gasteiger charge is -2.06. The molecule has 0 aromatic heterocycles. The average molecular weight is 359 g/mol. The van der Waals surface area contributed by atoms with Gasteiger partial charge in [0.15, 0.2) is 5.78 Å². The number of nitro groups is 1. The highest BCUT2D eigenvalue weighted by Gasteiger charge is 2.04. The molecule has 2 rings (SSSR count). The summed E-state index contributed by atoms with van der Waals surface area (Å²) in [4.78, 5) is 22.3. The van der Waals surface area contributed by atoms with E-state index in [1.54, 1.807) is 42.5 Å². The number of alkyl halides is 1. The molecule has 2 aromatic carbocycles. The number of ether oxygens (including phenoxy) is 2. The number of carbonyl (C=O) groups excluding carboxylic acids is 1. The van der Waals surface area contributed by atoms with Gasteiger partial charge < -0.3 is 9.47 Å².